The SMILES string of the molecule is CCC(=O)c1ccc(SCCC(C)C)cc1. The van der Waals surface area contributed by atoms with E-state index in [2.05, 4.69) is 13.8 Å². The lowest BCUT2D eigenvalue weighted by molar-refractivity contribution is 0.0988. The summed E-state index contributed by atoms with van der Waals surface area (Å²) in [6.07, 6.45) is 1.82. The number of carbonyl (C=O) groups is 1. The number of ketones is 1. The topological polar surface area (TPSA) is 17.1 Å². The Hall–Kier alpha value is -0.760. The molecule has 0 bridgehead atoms. The average molecular weight is 236 g/mol. The van der Waals surface area contributed by atoms with Crippen molar-refractivity contribution in [2.24, 2.45) is 5.92 Å². The van der Waals surface area contributed by atoms with Crippen molar-refractivity contribution in [2.45, 2.75) is 38.5 Å². The minimum atomic E-state index is 0.221. The zero-order valence-corrected chi connectivity index (χ0v) is 11.1. The lowest BCUT2D eigenvalue weighted by Crippen LogP contribution is -1.95. The van der Waals surface area contributed by atoms with Gasteiger partial charge in [0.1, 0.15) is 0 Å². The van der Waals surface area contributed by atoms with Crippen LogP contribution in [0.3, 0.4) is 0 Å². The maximum atomic E-state index is 11.4. The van der Waals surface area contributed by atoms with Crippen molar-refractivity contribution in [3.63, 3.8) is 0 Å². The van der Waals surface area contributed by atoms with Crippen molar-refractivity contribution in [1.29, 1.82) is 0 Å². The summed E-state index contributed by atoms with van der Waals surface area (Å²) in [7, 11) is 0. The van der Waals surface area contributed by atoms with Crippen molar-refractivity contribution >= 4 is 17.5 Å². The van der Waals surface area contributed by atoms with Crippen LogP contribution in [0.2, 0.25) is 0 Å². The van der Waals surface area contributed by atoms with Gasteiger partial charge < -0.3 is 0 Å². The number of rotatable bonds is 6. The van der Waals surface area contributed by atoms with Gasteiger partial charge in [-0.1, -0.05) is 32.9 Å². The second-order valence-electron chi connectivity index (χ2n) is 4.33. The van der Waals surface area contributed by atoms with Crippen LogP contribution in [0.15, 0.2) is 29.2 Å². The summed E-state index contributed by atoms with van der Waals surface area (Å²) >= 11 is 1.87. The summed E-state index contributed by atoms with van der Waals surface area (Å²) in [4.78, 5) is 12.7. The molecule has 0 fully saturated rings. The van der Waals surface area contributed by atoms with Crippen molar-refractivity contribution in [3.8, 4) is 0 Å². The van der Waals surface area contributed by atoms with Crippen molar-refractivity contribution in [3.05, 3.63) is 29.8 Å². The molecule has 0 aliphatic heterocycles. The number of hydrogen-bond acceptors (Lipinski definition) is 2. The fourth-order valence-corrected chi connectivity index (χ4v) is 2.51. The first-order chi connectivity index (χ1) is 7.63. The zero-order chi connectivity index (χ0) is 12.0. The summed E-state index contributed by atoms with van der Waals surface area (Å²) in [5.74, 6) is 2.13. The highest BCUT2D eigenvalue weighted by atomic mass is 32.2. The Balaban J connectivity index is 2.48. The fraction of sp³-hybridized carbons (Fsp3) is 0.500. The van der Waals surface area contributed by atoms with Crippen LogP contribution in [0.1, 0.15) is 44.0 Å². The molecule has 2 heteroatoms. The molecule has 0 saturated heterocycles. The quantitative estimate of drug-likeness (QED) is 0.537. The number of carbonyl (C=O) groups excluding carboxylic acids is 1. The first-order valence-corrected chi connectivity index (χ1v) is 6.88. The third-order valence-corrected chi connectivity index (χ3v) is 3.51. The molecule has 1 aromatic rings. The van der Waals surface area contributed by atoms with E-state index in [0.717, 1.165) is 17.2 Å². The fourth-order valence-electron chi connectivity index (χ4n) is 1.35. The monoisotopic (exact) mass is 236 g/mol. The van der Waals surface area contributed by atoms with E-state index < -0.39 is 0 Å². The molecule has 0 N–H and O–H groups in total. The molecule has 0 amide bonds. The van der Waals surface area contributed by atoms with Gasteiger partial charge in [-0.3, -0.25) is 4.79 Å². The van der Waals surface area contributed by atoms with E-state index in [1.807, 2.05) is 43.0 Å². The summed E-state index contributed by atoms with van der Waals surface area (Å²) in [5.41, 5.74) is 0.829. The number of Topliss-reactive ketones (excluding diaryl/α,β-unsaturated/α-hetero) is 1. The molecule has 0 aliphatic carbocycles. The highest BCUT2D eigenvalue weighted by molar-refractivity contribution is 7.99. The predicted octanol–water partition coefficient (Wildman–Crippen LogP) is 4.42. The van der Waals surface area contributed by atoms with Crippen LogP contribution in [0.4, 0.5) is 0 Å². The van der Waals surface area contributed by atoms with Crippen molar-refractivity contribution in [2.75, 3.05) is 5.75 Å². The van der Waals surface area contributed by atoms with Gasteiger partial charge in [0.25, 0.3) is 0 Å². The van der Waals surface area contributed by atoms with Crippen LogP contribution in [-0.4, -0.2) is 11.5 Å². The van der Waals surface area contributed by atoms with Crippen LogP contribution in [0.25, 0.3) is 0 Å². The van der Waals surface area contributed by atoms with Crippen molar-refractivity contribution < 1.29 is 4.79 Å². The maximum absolute atomic E-state index is 11.4. The number of benzene rings is 1. The molecule has 0 saturated carbocycles. The minimum Gasteiger partial charge on any atom is -0.294 e. The Labute approximate surface area is 103 Å². The molecular weight excluding hydrogens is 216 g/mol. The molecule has 0 aliphatic rings. The van der Waals surface area contributed by atoms with E-state index in [1.54, 1.807) is 0 Å². The van der Waals surface area contributed by atoms with Gasteiger partial charge in [0.15, 0.2) is 5.78 Å². The molecule has 0 radical (unpaired) electrons. The highest BCUT2D eigenvalue weighted by Crippen LogP contribution is 2.21. The maximum Gasteiger partial charge on any atom is 0.162 e. The van der Waals surface area contributed by atoms with Gasteiger partial charge in [0, 0.05) is 16.9 Å². The Morgan fingerprint density at radius 2 is 1.88 bits per heavy atom. The Kier molecular flexibility index (Phi) is 5.61. The lowest BCUT2D eigenvalue weighted by atomic mass is 10.1. The normalized spacial score (nSPS) is 10.8. The molecule has 1 rings (SSSR count). The smallest absolute Gasteiger partial charge is 0.162 e. The Bertz CT molecular complexity index is 327. The molecule has 0 unspecified atom stereocenters. The third kappa shape index (κ3) is 4.40. The van der Waals surface area contributed by atoms with Crippen LogP contribution in [-0.2, 0) is 0 Å². The zero-order valence-electron chi connectivity index (χ0n) is 10.3. The molecule has 16 heavy (non-hydrogen) atoms. The standard InChI is InChI=1S/C14H20OS/c1-4-14(15)12-5-7-13(8-6-12)16-10-9-11(2)3/h5-8,11H,4,9-10H2,1-3H3. The summed E-state index contributed by atoms with van der Waals surface area (Å²) in [6, 6.07) is 7.97. The first kappa shape index (κ1) is 13.3. The summed E-state index contributed by atoms with van der Waals surface area (Å²) in [6.45, 7) is 6.38. The molecular formula is C14H20OS. The van der Waals surface area contributed by atoms with Gasteiger partial charge in [-0.05, 0) is 30.2 Å². The van der Waals surface area contributed by atoms with E-state index in [9.17, 15) is 4.79 Å². The second kappa shape index (κ2) is 6.74. The van der Waals surface area contributed by atoms with E-state index in [-0.39, 0.29) is 5.78 Å². The van der Waals surface area contributed by atoms with Gasteiger partial charge in [0.05, 0.1) is 0 Å². The minimum absolute atomic E-state index is 0.221. The second-order valence-corrected chi connectivity index (χ2v) is 5.50. The van der Waals surface area contributed by atoms with E-state index in [4.69, 9.17) is 0 Å². The lowest BCUT2D eigenvalue weighted by Gasteiger charge is -2.05. The van der Waals surface area contributed by atoms with E-state index >= 15 is 0 Å². The summed E-state index contributed by atoms with van der Waals surface area (Å²) < 4.78 is 0. The number of thioether (sulfide) groups is 1. The van der Waals surface area contributed by atoms with Crippen LogP contribution < -0.4 is 0 Å². The van der Waals surface area contributed by atoms with Gasteiger partial charge >= 0.3 is 0 Å². The Morgan fingerprint density at radius 3 is 2.38 bits per heavy atom. The van der Waals surface area contributed by atoms with E-state index in [0.29, 0.717) is 6.42 Å². The van der Waals surface area contributed by atoms with E-state index in [1.165, 1.54) is 11.3 Å². The number of hydrogen-bond donors (Lipinski definition) is 0. The molecule has 1 aromatic carbocycles. The average Bonchev–Trinajstić information content (AvgIpc) is 2.28. The molecule has 0 atom stereocenters. The molecule has 0 aromatic heterocycles. The molecule has 1 nitrogen and oxygen atoms in total. The van der Waals surface area contributed by atoms with Gasteiger partial charge in [0.2, 0.25) is 0 Å². The van der Waals surface area contributed by atoms with Crippen molar-refractivity contribution in [1.82, 2.24) is 0 Å². The van der Waals surface area contributed by atoms with Gasteiger partial charge in [-0.15, -0.1) is 11.8 Å². The van der Waals surface area contributed by atoms with Crippen LogP contribution >= 0.6 is 11.8 Å². The Morgan fingerprint density at radius 1 is 1.25 bits per heavy atom. The first-order valence-electron chi connectivity index (χ1n) is 5.89. The molecule has 0 heterocycles. The molecule has 88 valence electrons. The highest BCUT2D eigenvalue weighted by Gasteiger charge is 2.02. The third-order valence-electron chi connectivity index (χ3n) is 2.46. The predicted molar refractivity (Wildman–Crippen MR) is 71.2 cm³/mol. The summed E-state index contributed by atoms with van der Waals surface area (Å²) in [5, 5.41) is 0. The largest absolute Gasteiger partial charge is 0.294 e. The van der Waals surface area contributed by atoms with Gasteiger partial charge in [-0.2, -0.15) is 0 Å². The van der Waals surface area contributed by atoms with Crippen LogP contribution in [0.5, 0.6) is 0 Å². The molecule has 0 spiro atoms. The van der Waals surface area contributed by atoms with Crippen LogP contribution in [0, 0.1) is 5.92 Å². The van der Waals surface area contributed by atoms with Gasteiger partial charge in [-0.25, -0.2) is 0 Å².